The number of benzene rings is 2. The van der Waals surface area contributed by atoms with Gasteiger partial charge in [-0.1, -0.05) is 18.2 Å². The number of aromatic nitrogens is 1. The molecule has 0 radical (unpaired) electrons. The Bertz CT molecular complexity index is 935. The zero-order valence-corrected chi connectivity index (χ0v) is 15.4. The summed E-state index contributed by atoms with van der Waals surface area (Å²) in [6.45, 7) is 8.02. The highest BCUT2D eigenvalue weighted by Gasteiger charge is 2.48. The fraction of sp³-hybridized carbons (Fsp3) is 0.429. The smallest absolute Gasteiger partial charge is 0.199 e. The minimum absolute atomic E-state index is 0.526. The van der Waals surface area contributed by atoms with Crippen molar-refractivity contribution in [1.29, 1.82) is 0 Å². The molecule has 0 bridgehead atoms. The average molecular weight is 339 g/mol. The summed E-state index contributed by atoms with van der Waals surface area (Å²) >= 11 is 0. The van der Waals surface area contributed by atoms with Crippen LogP contribution in [-0.2, 0) is 33.1 Å². The van der Waals surface area contributed by atoms with Crippen molar-refractivity contribution in [2.45, 2.75) is 39.7 Å². The van der Waals surface area contributed by atoms with Crippen LogP contribution in [0, 0.1) is 6.92 Å². The number of hydrogen-bond donors (Lipinski definition) is 0. The van der Waals surface area contributed by atoms with Gasteiger partial charge in [0.2, 0.25) is 0 Å². The number of nitrogens with zero attached hydrogens (tertiary/aromatic N) is 1. The number of rotatable bonds is 6. The van der Waals surface area contributed by atoms with E-state index < -0.39 is 5.79 Å². The molecule has 132 valence electrons. The molecule has 4 rings (SSSR count). The molecule has 3 aromatic rings. The molecular weight excluding hydrogens is 314 g/mol. The van der Waals surface area contributed by atoms with Crippen molar-refractivity contribution in [3.05, 3.63) is 47.0 Å². The Labute approximate surface area is 148 Å². The van der Waals surface area contributed by atoms with E-state index in [0.29, 0.717) is 19.9 Å². The maximum atomic E-state index is 6.15. The average Bonchev–Trinajstić information content (AvgIpc) is 2.88. The summed E-state index contributed by atoms with van der Waals surface area (Å²) in [5, 5.41) is 2.47. The maximum absolute atomic E-state index is 6.15. The third kappa shape index (κ3) is 2.25. The fourth-order valence-corrected chi connectivity index (χ4v) is 4.26. The summed E-state index contributed by atoms with van der Waals surface area (Å²) in [5.74, 6) is -0.620. The van der Waals surface area contributed by atoms with Gasteiger partial charge >= 0.3 is 0 Å². The van der Waals surface area contributed by atoms with Gasteiger partial charge in [0.15, 0.2) is 5.79 Å². The van der Waals surface area contributed by atoms with E-state index in [-0.39, 0.29) is 0 Å². The lowest BCUT2D eigenvalue weighted by atomic mass is 9.76. The van der Waals surface area contributed by atoms with E-state index in [0.717, 1.165) is 6.42 Å². The molecule has 1 aliphatic rings. The molecule has 4 nitrogen and oxygen atoms in total. The van der Waals surface area contributed by atoms with Crippen LogP contribution in [0.4, 0.5) is 0 Å². The Morgan fingerprint density at radius 1 is 1.08 bits per heavy atom. The quantitative estimate of drug-likeness (QED) is 0.620. The number of methoxy groups -OCH3 is 1. The molecule has 4 heteroatoms. The first-order valence-corrected chi connectivity index (χ1v) is 8.97. The molecule has 0 saturated heterocycles. The number of ether oxygens (including phenoxy) is 3. The van der Waals surface area contributed by atoms with E-state index in [4.69, 9.17) is 14.2 Å². The van der Waals surface area contributed by atoms with Crippen LogP contribution in [0.15, 0.2) is 30.3 Å². The van der Waals surface area contributed by atoms with Gasteiger partial charge in [0.25, 0.3) is 0 Å². The van der Waals surface area contributed by atoms with E-state index >= 15 is 0 Å². The van der Waals surface area contributed by atoms with Crippen LogP contribution in [0.1, 0.15) is 30.5 Å². The van der Waals surface area contributed by atoms with E-state index in [2.05, 4.69) is 41.8 Å². The SMILES string of the molecule is CCOC1(OCC)Cc2c(C)cc3c(c21)c1ccccc1n3COC. The molecule has 0 aliphatic heterocycles. The van der Waals surface area contributed by atoms with Gasteiger partial charge in [0.1, 0.15) is 6.73 Å². The molecule has 1 heterocycles. The van der Waals surface area contributed by atoms with Crippen LogP contribution in [0.3, 0.4) is 0 Å². The third-order valence-corrected chi connectivity index (χ3v) is 5.20. The van der Waals surface area contributed by atoms with Gasteiger partial charge in [0.05, 0.1) is 11.0 Å². The molecule has 1 aromatic heterocycles. The van der Waals surface area contributed by atoms with Crippen LogP contribution < -0.4 is 0 Å². The predicted octanol–water partition coefficient (Wildman–Crippen LogP) is 4.49. The van der Waals surface area contributed by atoms with Gasteiger partial charge < -0.3 is 18.8 Å². The summed E-state index contributed by atoms with van der Waals surface area (Å²) in [5.41, 5.74) is 6.22. The first-order chi connectivity index (χ1) is 12.2. The number of aryl methyl sites for hydroxylation is 1. The molecule has 2 aromatic carbocycles. The number of hydrogen-bond acceptors (Lipinski definition) is 3. The number of para-hydroxylation sites is 1. The highest BCUT2D eigenvalue weighted by Crippen LogP contribution is 2.50. The largest absolute Gasteiger partial charge is 0.364 e. The molecule has 0 saturated carbocycles. The minimum atomic E-state index is -0.620. The van der Waals surface area contributed by atoms with E-state index in [1.165, 1.54) is 38.5 Å². The Kier molecular flexibility index (Phi) is 4.07. The van der Waals surface area contributed by atoms with Crippen LogP contribution in [-0.4, -0.2) is 24.9 Å². The summed E-state index contributed by atoms with van der Waals surface area (Å²) in [7, 11) is 1.74. The van der Waals surface area contributed by atoms with Crippen molar-refractivity contribution in [2.75, 3.05) is 20.3 Å². The van der Waals surface area contributed by atoms with Crippen molar-refractivity contribution in [1.82, 2.24) is 4.57 Å². The van der Waals surface area contributed by atoms with Crippen LogP contribution >= 0.6 is 0 Å². The Morgan fingerprint density at radius 2 is 1.80 bits per heavy atom. The lowest BCUT2D eigenvalue weighted by Gasteiger charge is -2.44. The summed E-state index contributed by atoms with van der Waals surface area (Å²) in [6.07, 6.45) is 0.815. The maximum Gasteiger partial charge on any atom is 0.199 e. The topological polar surface area (TPSA) is 32.6 Å². The molecule has 0 spiro atoms. The third-order valence-electron chi connectivity index (χ3n) is 5.20. The Balaban J connectivity index is 2.10. The van der Waals surface area contributed by atoms with Gasteiger partial charge in [-0.3, -0.25) is 0 Å². The van der Waals surface area contributed by atoms with E-state index in [1.807, 2.05) is 13.8 Å². The van der Waals surface area contributed by atoms with Crippen LogP contribution in [0.25, 0.3) is 21.8 Å². The Hall–Kier alpha value is -1.88. The molecule has 0 fully saturated rings. The predicted molar refractivity (Wildman–Crippen MR) is 99.8 cm³/mol. The molecule has 0 N–H and O–H groups in total. The standard InChI is InChI=1S/C21H25NO3/c1-5-24-21(25-6-2)12-16-14(3)11-18-19(20(16)21)15-9-7-8-10-17(15)22(18)13-23-4/h7-11H,5-6,12-13H2,1-4H3. The van der Waals surface area contributed by atoms with Crippen molar-refractivity contribution >= 4 is 21.8 Å². The Morgan fingerprint density at radius 3 is 2.48 bits per heavy atom. The molecule has 25 heavy (non-hydrogen) atoms. The van der Waals surface area contributed by atoms with E-state index in [1.54, 1.807) is 7.11 Å². The minimum Gasteiger partial charge on any atom is -0.364 e. The normalized spacial score (nSPS) is 15.5. The van der Waals surface area contributed by atoms with Gasteiger partial charge in [-0.15, -0.1) is 0 Å². The van der Waals surface area contributed by atoms with Crippen LogP contribution in [0.5, 0.6) is 0 Å². The van der Waals surface area contributed by atoms with Crippen molar-refractivity contribution in [2.24, 2.45) is 0 Å². The van der Waals surface area contributed by atoms with Gasteiger partial charge in [-0.05, 0) is 44.0 Å². The molecular formula is C21H25NO3. The summed E-state index contributed by atoms with van der Waals surface area (Å²) in [6, 6.07) is 10.8. The van der Waals surface area contributed by atoms with Crippen molar-refractivity contribution in [3.8, 4) is 0 Å². The zero-order chi connectivity index (χ0) is 17.6. The second kappa shape index (κ2) is 6.13. The van der Waals surface area contributed by atoms with Crippen molar-refractivity contribution < 1.29 is 14.2 Å². The first-order valence-electron chi connectivity index (χ1n) is 8.97. The van der Waals surface area contributed by atoms with Crippen LogP contribution in [0.2, 0.25) is 0 Å². The molecule has 0 atom stereocenters. The molecule has 0 unspecified atom stereocenters. The zero-order valence-electron chi connectivity index (χ0n) is 15.4. The van der Waals surface area contributed by atoms with Crippen molar-refractivity contribution in [3.63, 3.8) is 0 Å². The molecule has 1 aliphatic carbocycles. The molecule has 0 amide bonds. The fourth-order valence-electron chi connectivity index (χ4n) is 4.26. The highest BCUT2D eigenvalue weighted by atomic mass is 16.7. The van der Waals surface area contributed by atoms with Gasteiger partial charge in [0, 0.05) is 43.1 Å². The van der Waals surface area contributed by atoms with Gasteiger partial charge in [-0.25, -0.2) is 0 Å². The van der Waals surface area contributed by atoms with E-state index in [9.17, 15) is 0 Å². The summed E-state index contributed by atoms with van der Waals surface area (Å²) < 4.78 is 20.0. The number of fused-ring (bicyclic) bond motifs is 5. The summed E-state index contributed by atoms with van der Waals surface area (Å²) in [4.78, 5) is 0. The first kappa shape index (κ1) is 16.6. The monoisotopic (exact) mass is 339 g/mol. The lowest BCUT2D eigenvalue weighted by molar-refractivity contribution is -0.255. The lowest BCUT2D eigenvalue weighted by Crippen LogP contribution is -2.45. The second-order valence-corrected chi connectivity index (χ2v) is 6.60. The highest BCUT2D eigenvalue weighted by molar-refractivity contribution is 6.11. The second-order valence-electron chi connectivity index (χ2n) is 6.60. The van der Waals surface area contributed by atoms with Gasteiger partial charge in [-0.2, -0.15) is 0 Å².